The van der Waals surface area contributed by atoms with Crippen LogP contribution in [0.1, 0.15) is 41.1 Å². The molecule has 2 heterocycles. The molecule has 1 aromatic heterocycles. The fourth-order valence-electron chi connectivity index (χ4n) is 2.19. The van der Waals surface area contributed by atoms with Gasteiger partial charge in [-0.3, -0.25) is 0 Å². The summed E-state index contributed by atoms with van der Waals surface area (Å²) < 4.78 is 11.1. The summed E-state index contributed by atoms with van der Waals surface area (Å²) in [6.45, 7) is 4.71. The average molecular weight is 312 g/mol. The van der Waals surface area contributed by atoms with E-state index < -0.39 is 5.97 Å². The maximum absolute atomic E-state index is 11.3. The lowest BCUT2D eigenvalue weighted by Gasteiger charge is -2.22. The second-order valence-electron chi connectivity index (χ2n) is 4.86. The maximum atomic E-state index is 11.3. The Hall–Kier alpha value is -1.18. The quantitative estimate of drug-likeness (QED) is 0.491. The minimum Gasteiger partial charge on any atom is -0.478 e. The van der Waals surface area contributed by atoms with E-state index in [0.29, 0.717) is 28.9 Å². The molecule has 0 saturated carbocycles. The van der Waals surface area contributed by atoms with Crippen molar-refractivity contribution in [1.29, 1.82) is 0 Å². The van der Waals surface area contributed by atoms with E-state index in [9.17, 15) is 9.90 Å². The second-order valence-corrected chi connectivity index (χ2v) is 5.94. The molecule has 0 aromatic carbocycles. The van der Waals surface area contributed by atoms with Gasteiger partial charge in [-0.25, -0.2) is 14.8 Å². The standard InChI is InChI=1S/C14H20N2O4S/c1-9-12(14(17)18)13(16-10(2)15-9)21-8-7-20-11-5-3-4-6-19-11/h11H,3-8H2,1-2H3,(H,17,18). The third-order valence-electron chi connectivity index (χ3n) is 3.15. The summed E-state index contributed by atoms with van der Waals surface area (Å²) >= 11 is 1.38. The SMILES string of the molecule is Cc1nc(C)c(C(=O)O)c(SCCOC2CCCCO2)n1. The highest BCUT2D eigenvalue weighted by molar-refractivity contribution is 7.99. The van der Waals surface area contributed by atoms with Crippen LogP contribution in [0.25, 0.3) is 0 Å². The highest BCUT2D eigenvalue weighted by Gasteiger charge is 2.18. The molecule has 0 spiro atoms. The lowest BCUT2D eigenvalue weighted by molar-refractivity contribution is -0.158. The lowest BCUT2D eigenvalue weighted by Crippen LogP contribution is -2.23. The molecule has 0 amide bonds. The maximum Gasteiger partial charge on any atom is 0.340 e. The summed E-state index contributed by atoms with van der Waals surface area (Å²) in [6.07, 6.45) is 3.03. The smallest absolute Gasteiger partial charge is 0.340 e. The Bertz CT molecular complexity index is 504. The van der Waals surface area contributed by atoms with Crippen molar-refractivity contribution in [2.45, 2.75) is 44.4 Å². The molecule has 0 radical (unpaired) electrons. The molecule has 1 N–H and O–H groups in total. The summed E-state index contributed by atoms with van der Waals surface area (Å²) in [5.74, 6) is 0.221. The third-order valence-corrected chi connectivity index (χ3v) is 4.09. The number of aryl methyl sites for hydroxylation is 2. The lowest BCUT2D eigenvalue weighted by atomic mass is 10.2. The summed E-state index contributed by atoms with van der Waals surface area (Å²) in [5, 5.41) is 9.75. The van der Waals surface area contributed by atoms with Crippen LogP contribution in [0.15, 0.2) is 5.03 Å². The van der Waals surface area contributed by atoms with E-state index in [1.165, 1.54) is 11.8 Å². The van der Waals surface area contributed by atoms with Gasteiger partial charge in [0.15, 0.2) is 6.29 Å². The Morgan fingerprint density at radius 2 is 2.24 bits per heavy atom. The fourth-order valence-corrected chi connectivity index (χ4v) is 3.14. The van der Waals surface area contributed by atoms with Crippen molar-refractivity contribution in [2.24, 2.45) is 0 Å². The Morgan fingerprint density at radius 3 is 2.90 bits per heavy atom. The molecule has 1 aliphatic rings. The van der Waals surface area contributed by atoms with Crippen LogP contribution < -0.4 is 0 Å². The number of hydrogen-bond donors (Lipinski definition) is 1. The summed E-state index contributed by atoms with van der Waals surface area (Å²) in [6, 6.07) is 0. The Morgan fingerprint density at radius 1 is 1.43 bits per heavy atom. The van der Waals surface area contributed by atoms with Crippen molar-refractivity contribution in [3.05, 3.63) is 17.1 Å². The number of nitrogens with zero attached hydrogens (tertiary/aromatic N) is 2. The molecule has 1 unspecified atom stereocenters. The van der Waals surface area contributed by atoms with Gasteiger partial charge in [-0.2, -0.15) is 0 Å². The first-order chi connectivity index (χ1) is 10.1. The molecule has 6 nitrogen and oxygen atoms in total. The van der Waals surface area contributed by atoms with Gasteiger partial charge in [-0.05, 0) is 33.1 Å². The molecule has 1 aromatic rings. The van der Waals surface area contributed by atoms with Gasteiger partial charge in [-0.1, -0.05) is 0 Å². The Balaban J connectivity index is 1.88. The molecular formula is C14H20N2O4S. The molecule has 1 fully saturated rings. The molecule has 21 heavy (non-hydrogen) atoms. The summed E-state index contributed by atoms with van der Waals surface area (Å²) in [4.78, 5) is 19.6. The number of carbonyl (C=O) groups is 1. The molecule has 2 rings (SSSR count). The number of thioether (sulfide) groups is 1. The number of carboxylic acid groups (broad SMARTS) is 1. The Kier molecular flexibility index (Phi) is 5.96. The Labute approximate surface area is 128 Å². The van der Waals surface area contributed by atoms with Crippen LogP contribution >= 0.6 is 11.8 Å². The molecule has 1 atom stereocenters. The molecule has 1 aliphatic heterocycles. The van der Waals surface area contributed by atoms with Crippen molar-refractivity contribution in [3.8, 4) is 0 Å². The van der Waals surface area contributed by atoms with Gasteiger partial charge in [0, 0.05) is 12.4 Å². The van der Waals surface area contributed by atoms with E-state index in [-0.39, 0.29) is 11.9 Å². The number of aromatic carboxylic acids is 1. The van der Waals surface area contributed by atoms with Crippen molar-refractivity contribution in [2.75, 3.05) is 19.0 Å². The van der Waals surface area contributed by atoms with Crippen LogP contribution in [0.4, 0.5) is 0 Å². The largest absolute Gasteiger partial charge is 0.478 e. The third kappa shape index (κ3) is 4.66. The van der Waals surface area contributed by atoms with E-state index >= 15 is 0 Å². The minimum absolute atomic E-state index is 0.118. The van der Waals surface area contributed by atoms with Crippen molar-refractivity contribution in [3.63, 3.8) is 0 Å². The van der Waals surface area contributed by atoms with Crippen molar-refractivity contribution in [1.82, 2.24) is 9.97 Å². The molecule has 0 aliphatic carbocycles. The van der Waals surface area contributed by atoms with Gasteiger partial charge in [0.1, 0.15) is 16.4 Å². The van der Waals surface area contributed by atoms with Gasteiger partial charge in [-0.15, -0.1) is 11.8 Å². The van der Waals surface area contributed by atoms with E-state index in [1.54, 1.807) is 13.8 Å². The van der Waals surface area contributed by atoms with Crippen molar-refractivity contribution < 1.29 is 19.4 Å². The predicted octanol–water partition coefficient (Wildman–Crippen LogP) is 2.43. The zero-order chi connectivity index (χ0) is 15.2. The number of aromatic nitrogens is 2. The highest BCUT2D eigenvalue weighted by Crippen LogP contribution is 2.23. The van der Waals surface area contributed by atoms with Crippen LogP contribution in [-0.4, -0.2) is 46.3 Å². The molecule has 0 bridgehead atoms. The number of rotatable bonds is 6. The van der Waals surface area contributed by atoms with Crippen LogP contribution in [0.2, 0.25) is 0 Å². The van der Waals surface area contributed by atoms with Crippen LogP contribution in [0, 0.1) is 13.8 Å². The van der Waals surface area contributed by atoms with Crippen LogP contribution in [-0.2, 0) is 9.47 Å². The van der Waals surface area contributed by atoms with E-state index in [0.717, 1.165) is 25.9 Å². The van der Waals surface area contributed by atoms with Gasteiger partial charge in [0.2, 0.25) is 0 Å². The summed E-state index contributed by atoms with van der Waals surface area (Å²) in [7, 11) is 0. The number of carboxylic acids is 1. The van der Waals surface area contributed by atoms with E-state index in [4.69, 9.17) is 9.47 Å². The molecular weight excluding hydrogens is 292 g/mol. The van der Waals surface area contributed by atoms with E-state index in [2.05, 4.69) is 9.97 Å². The highest BCUT2D eigenvalue weighted by atomic mass is 32.2. The first-order valence-corrected chi connectivity index (χ1v) is 8.01. The number of hydrogen-bond acceptors (Lipinski definition) is 6. The summed E-state index contributed by atoms with van der Waals surface area (Å²) in [5.41, 5.74) is 0.675. The van der Waals surface area contributed by atoms with Crippen LogP contribution in [0.5, 0.6) is 0 Å². The van der Waals surface area contributed by atoms with E-state index in [1.807, 2.05) is 0 Å². The van der Waals surface area contributed by atoms with Gasteiger partial charge >= 0.3 is 5.97 Å². The molecule has 116 valence electrons. The number of ether oxygens (including phenoxy) is 2. The van der Waals surface area contributed by atoms with Crippen LogP contribution in [0.3, 0.4) is 0 Å². The van der Waals surface area contributed by atoms with Gasteiger partial charge in [0.05, 0.1) is 12.3 Å². The second kappa shape index (κ2) is 7.72. The first-order valence-electron chi connectivity index (χ1n) is 7.02. The normalized spacial score (nSPS) is 18.7. The first kappa shape index (κ1) is 16.2. The molecule has 1 saturated heterocycles. The molecule has 7 heteroatoms. The average Bonchev–Trinajstić information content (AvgIpc) is 2.43. The zero-order valence-electron chi connectivity index (χ0n) is 12.3. The minimum atomic E-state index is -0.994. The predicted molar refractivity (Wildman–Crippen MR) is 78.7 cm³/mol. The zero-order valence-corrected chi connectivity index (χ0v) is 13.1. The topological polar surface area (TPSA) is 81.5 Å². The fraction of sp³-hybridized carbons (Fsp3) is 0.643. The van der Waals surface area contributed by atoms with Crippen molar-refractivity contribution >= 4 is 17.7 Å². The monoisotopic (exact) mass is 312 g/mol. The van der Waals surface area contributed by atoms with Gasteiger partial charge in [0.25, 0.3) is 0 Å². The van der Waals surface area contributed by atoms with Gasteiger partial charge < -0.3 is 14.6 Å².